The first kappa shape index (κ1) is 20.3. The van der Waals surface area contributed by atoms with Gasteiger partial charge in [-0.15, -0.1) is 0 Å². The molecule has 4 nitrogen and oxygen atoms in total. The van der Waals surface area contributed by atoms with Gasteiger partial charge in [0, 0.05) is 16.8 Å². The number of amides is 1. The lowest BCUT2D eigenvalue weighted by atomic mass is 10.1. The second-order valence-corrected chi connectivity index (χ2v) is 7.05. The zero-order chi connectivity index (χ0) is 19.8. The topological polar surface area (TPSA) is 47.6 Å². The minimum Gasteiger partial charge on any atom is -0.492 e. The largest absolute Gasteiger partial charge is 0.492 e. The predicted molar refractivity (Wildman–Crippen MR) is 114 cm³/mol. The van der Waals surface area contributed by atoms with Crippen molar-refractivity contribution in [3.63, 3.8) is 0 Å². The number of halogens is 2. The Labute approximate surface area is 174 Å². The highest BCUT2D eigenvalue weighted by Gasteiger charge is 2.05. The van der Waals surface area contributed by atoms with Crippen LogP contribution in [-0.4, -0.2) is 25.7 Å². The molecule has 146 valence electrons. The molecular formula is C22H21Cl2NO3. The van der Waals surface area contributed by atoms with Crippen LogP contribution < -0.4 is 14.8 Å². The van der Waals surface area contributed by atoms with E-state index in [0.717, 1.165) is 16.5 Å². The summed E-state index contributed by atoms with van der Waals surface area (Å²) in [5, 5.41) is 6.07. The highest BCUT2D eigenvalue weighted by atomic mass is 35.5. The fourth-order valence-electron chi connectivity index (χ4n) is 2.77. The van der Waals surface area contributed by atoms with E-state index >= 15 is 0 Å². The number of hydrogen-bond donors (Lipinski definition) is 1. The van der Waals surface area contributed by atoms with Crippen LogP contribution in [0.15, 0.2) is 60.7 Å². The molecule has 0 bridgehead atoms. The van der Waals surface area contributed by atoms with Gasteiger partial charge < -0.3 is 14.8 Å². The molecule has 6 heteroatoms. The molecular weight excluding hydrogens is 397 g/mol. The molecule has 0 aliphatic carbocycles. The minimum atomic E-state index is -0.0349. The summed E-state index contributed by atoms with van der Waals surface area (Å²) in [4.78, 5) is 11.9. The molecule has 0 unspecified atom stereocenters. The lowest BCUT2D eigenvalue weighted by Crippen LogP contribution is -2.28. The number of ether oxygens (including phenoxy) is 2. The summed E-state index contributed by atoms with van der Waals surface area (Å²) in [6, 6.07) is 19.0. The Bertz CT molecular complexity index is 941. The molecule has 3 aromatic rings. The second-order valence-electron chi connectivity index (χ2n) is 6.20. The van der Waals surface area contributed by atoms with Crippen molar-refractivity contribution < 1.29 is 14.3 Å². The van der Waals surface area contributed by atoms with Crippen molar-refractivity contribution in [1.82, 2.24) is 5.32 Å². The molecule has 0 fully saturated rings. The normalized spacial score (nSPS) is 10.6. The first-order chi connectivity index (χ1) is 13.6. The Morgan fingerprint density at radius 2 is 1.68 bits per heavy atom. The van der Waals surface area contributed by atoms with E-state index in [0.29, 0.717) is 48.4 Å². The highest BCUT2D eigenvalue weighted by Crippen LogP contribution is 2.27. The van der Waals surface area contributed by atoms with Crippen molar-refractivity contribution >= 4 is 39.9 Å². The van der Waals surface area contributed by atoms with Gasteiger partial charge in [-0.25, -0.2) is 0 Å². The predicted octanol–water partition coefficient (Wildman–Crippen LogP) is 5.50. The number of hydrogen-bond acceptors (Lipinski definition) is 3. The summed E-state index contributed by atoms with van der Waals surface area (Å²) < 4.78 is 11.4. The first-order valence-corrected chi connectivity index (χ1v) is 9.84. The van der Waals surface area contributed by atoms with Gasteiger partial charge in [0.05, 0.1) is 18.2 Å². The number of rotatable bonds is 9. The Hall–Kier alpha value is -2.43. The molecule has 0 radical (unpaired) electrons. The van der Waals surface area contributed by atoms with Gasteiger partial charge in [0.15, 0.2) is 0 Å². The Morgan fingerprint density at radius 3 is 2.54 bits per heavy atom. The highest BCUT2D eigenvalue weighted by molar-refractivity contribution is 6.35. The van der Waals surface area contributed by atoms with Crippen molar-refractivity contribution in [3.05, 3.63) is 70.7 Å². The molecule has 1 N–H and O–H groups in total. The average molecular weight is 418 g/mol. The number of nitrogens with one attached hydrogen (secondary N) is 1. The van der Waals surface area contributed by atoms with Crippen LogP contribution in [0.5, 0.6) is 11.5 Å². The van der Waals surface area contributed by atoms with Crippen LogP contribution in [0, 0.1) is 0 Å². The van der Waals surface area contributed by atoms with Crippen molar-refractivity contribution in [2.45, 2.75) is 12.8 Å². The summed E-state index contributed by atoms with van der Waals surface area (Å²) in [6.07, 6.45) is 0.967. The molecule has 0 aromatic heterocycles. The summed E-state index contributed by atoms with van der Waals surface area (Å²) in [7, 11) is 0. The summed E-state index contributed by atoms with van der Waals surface area (Å²) in [5.41, 5.74) is 0. The van der Waals surface area contributed by atoms with E-state index in [1.165, 1.54) is 0 Å². The maximum atomic E-state index is 11.9. The first-order valence-electron chi connectivity index (χ1n) is 9.08. The van der Waals surface area contributed by atoms with E-state index in [4.69, 9.17) is 32.7 Å². The van der Waals surface area contributed by atoms with Crippen LogP contribution in [0.1, 0.15) is 12.8 Å². The summed E-state index contributed by atoms with van der Waals surface area (Å²) in [5.74, 6) is 1.35. The molecule has 1 amide bonds. The molecule has 0 saturated carbocycles. The van der Waals surface area contributed by atoms with E-state index < -0.39 is 0 Å². The van der Waals surface area contributed by atoms with Crippen molar-refractivity contribution in [3.8, 4) is 11.5 Å². The van der Waals surface area contributed by atoms with Gasteiger partial charge in [0.1, 0.15) is 18.1 Å². The molecule has 0 aliphatic rings. The molecule has 3 aromatic carbocycles. The lowest BCUT2D eigenvalue weighted by molar-refractivity contribution is -0.121. The third kappa shape index (κ3) is 5.78. The summed E-state index contributed by atoms with van der Waals surface area (Å²) >= 11 is 11.9. The van der Waals surface area contributed by atoms with Gasteiger partial charge in [0.2, 0.25) is 5.91 Å². The lowest BCUT2D eigenvalue weighted by Gasteiger charge is -2.11. The van der Waals surface area contributed by atoms with Gasteiger partial charge in [-0.1, -0.05) is 59.6 Å². The number of carbonyl (C=O) groups is 1. The van der Waals surface area contributed by atoms with E-state index in [-0.39, 0.29) is 5.91 Å². The zero-order valence-corrected chi connectivity index (χ0v) is 16.8. The maximum absolute atomic E-state index is 11.9. The number of carbonyl (C=O) groups excluding carboxylic acids is 1. The van der Waals surface area contributed by atoms with Crippen molar-refractivity contribution in [2.75, 3.05) is 19.8 Å². The van der Waals surface area contributed by atoms with Crippen LogP contribution in [0.4, 0.5) is 0 Å². The van der Waals surface area contributed by atoms with E-state index in [9.17, 15) is 4.79 Å². The molecule has 0 atom stereocenters. The Morgan fingerprint density at radius 1 is 0.893 bits per heavy atom. The van der Waals surface area contributed by atoms with Gasteiger partial charge in [-0.05, 0) is 36.1 Å². The van der Waals surface area contributed by atoms with Gasteiger partial charge in [-0.2, -0.15) is 0 Å². The van der Waals surface area contributed by atoms with Crippen LogP contribution in [-0.2, 0) is 4.79 Å². The maximum Gasteiger partial charge on any atom is 0.220 e. The Balaban J connectivity index is 1.33. The average Bonchev–Trinajstić information content (AvgIpc) is 2.70. The Kier molecular flexibility index (Phi) is 7.40. The van der Waals surface area contributed by atoms with Crippen LogP contribution in [0.25, 0.3) is 10.8 Å². The van der Waals surface area contributed by atoms with Crippen LogP contribution in [0.3, 0.4) is 0 Å². The van der Waals surface area contributed by atoms with E-state index in [1.807, 2.05) is 42.5 Å². The standard InChI is InChI=1S/C22H21Cl2NO3/c23-17-10-11-21(19(24)15-17)27-13-4-9-22(26)25-12-14-28-20-8-3-6-16-5-1-2-7-18(16)20/h1-3,5-8,10-11,15H,4,9,12-14H2,(H,25,26). The molecule has 0 aliphatic heterocycles. The third-order valence-corrected chi connectivity index (χ3v) is 4.66. The smallest absolute Gasteiger partial charge is 0.220 e. The third-order valence-electron chi connectivity index (χ3n) is 4.13. The number of fused-ring (bicyclic) bond motifs is 1. The van der Waals surface area contributed by atoms with E-state index in [1.54, 1.807) is 18.2 Å². The fourth-order valence-corrected chi connectivity index (χ4v) is 3.23. The summed E-state index contributed by atoms with van der Waals surface area (Å²) in [6.45, 7) is 1.27. The van der Waals surface area contributed by atoms with Gasteiger partial charge in [-0.3, -0.25) is 4.79 Å². The monoisotopic (exact) mass is 417 g/mol. The second kappa shape index (κ2) is 10.2. The fraction of sp³-hybridized carbons (Fsp3) is 0.227. The number of benzene rings is 3. The van der Waals surface area contributed by atoms with Crippen molar-refractivity contribution in [1.29, 1.82) is 0 Å². The molecule has 3 rings (SSSR count). The van der Waals surface area contributed by atoms with Gasteiger partial charge >= 0.3 is 0 Å². The van der Waals surface area contributed by atoms with Crippen molar-refractivity contribution in [2.24, 2.45) is 0 Å². The molecule has 0 heterocycles. The SMILES string of the molecule is O=C(CCCOc1ccc(Cl)cc1Cl)NCCOc1cccc2ccccc12. The molecule has 0 saturated heterocycles. The quantitative estimate of drug-likeness (QED) is 0.467. The van der Waals surface area contributed by atoms with Gasteiger partial charge in [0.25, 0.3) is 0 Å². The van der Waals surface area contributed by atoms with Crippen LogP contribution >= 0.6 is 23.2 Å². The zero-order valence-electron chi connectivity index (χ0n) is 15.3. The van der Waals surface area contributed by atoms with Crippen LogP contribution in [0.2, 0.25) is 10.0 Å². The molecule has 0 spiro atoms. The minimum absolute atomic E-state index is 0.0349. The molecule has 28 heavy (non-hydrogen) atoms. The van der Waals surface area contributed by atoms with E-state index in [2.05, 4.69) is 5.32 Å².